The van der Waals surface area contributed by atoms with Crippen molar-refractivity contribution in [2.24, 2.45) is 0 Å². The number of ether oxygens (including phenoxy) is 3. The van der Waals surface area contributed by atoms with E-state index in [1.807, 2.05) is 96.5 Å². The first-order valence-corrected chi connectivity index (χ1v) is 12.0. The molecule has 0 saturated carbocycles. The first kappa shape index (κ1) is 25.4. The van der Waals surface area contributed by atoms with Gasteiger partial charge in [0.1, 0.15) is 0 Å². The van der Waals surface area contributed by atoms with Gasteiger partial charge in [-0.15, -0.1) is 0 Å². The summed E-state index contributed by atoms with van der Waals surface area (Å²) in [5.74, 6) is 1.85. The molecule has 0 saturated heterocycles. The quantitative estimate of drug-likeness (QED) is 0.298. The molecule has 0 amide bonds. The van der Waals surface area contributed by atoms with Crippen molar-refractivity contribution < 1.29 is 19.3 Å². The Morgan fingerprint density at radius 3 is 2.19 bits per heavy atom. The Bertz CT molecular complexity index is 1230. The average Bonchev–Trinajstić information content (AvgIpc) is 3.23. The van der Waals surface area contributed by atoms with Gasteiger partial charge < -0.3 is 19.3 Å². The molecule has 0 fully saturated rings. The number of aromatic nitrogens is 2. The molecule has 4 rings (SSSR count). The minimum atomic E-state index is -0.633. The summed E-state index contributed by atoms with van der Waals surface area (Å²) in [5, 5.41) is 15.8. The van der Waals surface area contributed by atoms with Gasteiger partial charge in [0.25, 0.3) is 0 Å². The van der Waals surface area contributed by atoms with Crippen molar-refractivity contribution in [2.45, 2.75) is 19.6 Å². The standard InChI is InChI=1S/C29H33N3O4/c1-22-25(20-31(18-19-34-2)21-26(33)23-12-6-4-7-13-23)29(32(30-22)24-14-8-5-9-15-24)36-28-17-11-10-16-27(28)35-3/h4-17,26,33H,18-21H2,1-3H3. The fourth-order valence-corrected chi connectivity index (χ4v) is 4.08. The second kappa shape index (κ2) is 12.4. The number of methoxy groups -OCH3 is 2. The summed E-state index contributed by atoms with van der Waals surface area (Å²) in [6.07, 6.45) is -0.633. The lowest BCUT2D eigenvalue weighted by Crippen LogP contribution is -2.31. The number of hydrogen-bond acceptors (Lipinski definition) is 6. The number of aliphatic hydroxyl groups is 1. The molecule has 1 heterocycles. The van der Waals surface area contributed by atoms with Gasteiger partial charge in [0.05, 0.1) is 36.8 Å². The molecule has 0 radical (unpaired) electrons. The van der Waals surface area contributed by atoms with Crippen LogP contribution in [0, 0.1) is 6.92 Å². The third kappa shape index (κ3) is 6.12. The molecule has 0 aliphatic carbocycles. The highest BCUT2D eigenvalue weighted by Gasteiger charge is 2.23. The normalized spacial score (nSPS) is 12.0. The Labute approximate surface area is 212 Å². The van der Waals surface area contributed by atoms with E-state index in [1.54, 1.807) is 14.2 Å². The molecule has 188 valence electrons. The summed E-state index contributed by atoms with van der Waals surface area (Å²) in [6.45, 7) is 4.13. The zero-order valence-electron chi connectivity index (χ0n) is 21.0. The molecule has 1 unspecified atom stereocenters. The molecule has 0 bridgehead atoms. The van der Waals surface area contributed by atoms with Crippen molar-refractivity contribution in [1.29, 1.82) is 0 Å². The number of para-hydroxylation sites is 3. The number of hydrogen-bond donors (Lipinski definition) is 1. The summed E-state index contributed by atoms with van der Waals surface area (Å²) in [6, 6.07) is 27.2. The van der Waals surface area contributed by atoms with E-state index < -0.39 is 6.10 Å². The number of aliphatic hydroxyl groups excluding tert-OH is 1. The summed E-state index contributed by atoms with van der Waals surface area (Å²) < 4.78 is 19.2. The Kier molecular flexibility index (Phi) is 8.73. The van der Waals surface area contributed by atoms with E-state index >= 15 is 0 Å². The van der Waals surface area contributed by atoms with Gasteiger partial charge in [0.2, 0.25) is 5.88 Å². The molecule has 3 aromatic carbocycles. The van der Waals surface area contributed by atoms with E-state index in [0.717, 1.165) is 22.5 Å². The van der Waals surface area contributed by atoms with Crippen LogP contribution < -0.4 is 9.47 Å². The smallest absolute Gasteiger partial charge is 0.227 e. The zero-order valence-corrected chi connectivity index (χ0v) is 21.0. The molecular weight excluding hydrogens is 454 g/mol. The lowest BCUT2D eigenvalue weighted by Gasteiger charge is -2.25. The average molecular weight is 488 g/mol. The van der Waals surface area contributed by atoms with Crippen LogP contribution in [0.1, 0.15) is 22.9 Å². The molecule has 1 atom stereocenters. The van der Waals surface area contributed by atoms with Crippen molar-refractivity contribution >= 4 is 0 Å². The van der Waals surface area contributed by atoms with Gasteiger partial charge in [-0.1, -0.05) is 60.7 Å². The van der Waals surface area contributed by atoms with E-state index in [9.17, 15) is 5.11 Å². The molecule has 0 aliphatic heterocycles. The lowest BCUT2D eigenvalue weighted by molar-refractivity contribution is 0.0844. The maximum absolute atomic E-state index is 10.9. The molecule has 4 aromatic rings. The van der Waals surface area contributed by atoms with Gasteiger partial charge in [-0.2, -0.15) is 5.10 Å². The van der Waals surface area contributed by atoms with Gasteiger partial charge in [-0.25, -0.2) is 4.68 Å². The number of nitrogens with zero attached hydrogens (tertiary/aromatic N) is 3. The Morgan fingerprint density at radius 2 is 1.53 bits per heavy atom. The number of benzene rings is 3. The highest BCUT2D eigenvalue weighted by Crippen LogP contribution is 2.36. The minimum absolute atomic E-state index is 0.442. The first-order chi connectivity index (χ1) is 17.6. The number of aryl methyl sites for hydroxylation is 1. The second-order valence-electron chi connectivity index (χ2n) is 8.52. The van der Waals surface area contributed by atoms with Crippen molar-refractivity contribution in [3.05, 3.63) is 102 Å². The van der Waals surface area contributed by atoms with Crippen LogP contribution in [0.5, 0.6) is 17.4 Å². The van der Waals surface area contributed by atoms with Crippen LogP contribution in [0.25, 0.3) is 5.69 Å². The van der Waals surface area contributed by atoms with Gasteiger partial charge in [-0.05, 0) is 36.8 Å². The van der Waals surface area contributed by atoms with E-state index in [-0.39, 0.29) is 0 Å². The van der Waals surface area contributed by atoms with Gasteiger partial charge >= 0.3 is 0 Å². The highest BCUT2D eigenvalue weighted by molar-refractivity contribution is 5.47. The third-order valence-corrected chi connectivity index (χ3v) is 6.02. The SMILES string of the molecule is COCCN(Cc1c(C)nn(-c2ccccc2)c1Oc1ccccc1OC)CC(O)c1ccccc1. The van der Waals surface area contributed by atoms with Crippen LogP contribution in [0.3, 0.4) is 0 Å². The topological polar surface area (TPSA) is 69.0 Å². The molecule has 0 spiro atoms. The zero-order chi connectivity index (χ0) is 25.3. The highest BCUT2D eigenvalue weighted by atomic mass is 16.5. The maximum atomic E-state index is 10.9. The molecule has 1 aromatic heterocycles. The van der Waals surface area contributed by atoms with Gasteiger partial charge in [0, 0.05) is 26.7 Å². The van der Waals surface area contributed by atoms with Crippen LogP contribution in [0.15, 0.2) is 84.9 Å². The molecule has 0 aliphatic rings. The van der Waals surface area contributed by atoms with E-state index in [2.05, 4.69) is 4.90 Å². The van der Waals surface area contributed by atoms with E-state index in [1.165, 1.54) is 0 Å². The number of rotatable bonds is 12. The first-order valence-electron chi connectivity index (χ1n) is 12.0. The molecule has 36 heavy (non-hydrogen) atoms. The lowest BCUT2D eigenvalue weighted by atomic mass is 10.1. The Hall–Kier alpha value is -3.65. The second-order valence-corrected chi connectivity index (χ2v) is 8.52. The summed E-state index contributed by atoms with van der Waals surface area (Å²) in [5.41, 5.74) is 3.55. The summed E-state index contributed by atoms with van der Waals surface area (Å²) in [4.78, 5) is 2.16. The van der Waals surface area contributed by atoms with Crippen LogP contribution >= 0.6 is 0 Å². The monoisotopic (exact) mass is 487 g/mol. The van der Waals surface area contributed by atoms with Crippen LogP contribution in [-0.2, 0) is 11.3 Å². The van der Waals surface area contributed by atoms with Crippen molar-refractivity contribution in [1.82, 2.24) is 14.7 Å². The Morgan fingerprint density at radius 1 is 0.889 bits per heavy atom. The van der Waals surface area contributed by atoms with E-state index in [0.29, 0.717) is 43.6 Å². The fraction of sp³-hybridized carbons (Fsp3) is 0.276. The molecular formula is C29H33N3O4. The predicted molar refractivity (Wildman–Crippen MR) is 140 cm³/mol. The maximum Gasteiger partial charge on any atom is 0.227 e. The van der Waals surface area contributed by atoms with Gasteiger partial charge in [0.15, 0.2) is 11.5 Å². The van der Waals surface area contributed by atoms with Crippen LogP contribution in [0.4, 0.5) is 0 Å². The minimum Gasteiger partial charge on any atom is -0.493 e. The molecule has 1 N–H and O–H groups in total. The fourth-order valence-electron chi connectivity index (χ4n) is 4.08. The van der Waals surface area contributed by atoms with E-state index in [4.69, 9.17) is 19.3 Å². The summed E-state index contributed by atoms with van der Waals surface area (Å²) >= 11 is 0. The summed E-state index contributed by atoms with van der Waals surface area (Å²) in [7, 11) is 3.31. The van der Waals surface area contributed by atoms with Crippen LogP contribution in [-0.4, -0.2) is 53.7 Å². The predicted octanol–water partition coefficient (Wildman–Crippen LogP) is 5.16. The largest absolute Gasteiger partial charge is 0.493 e. The van der Waals surface area contributed by atoms with Crippen molar-refractivity contribution in [3.8, 4) is 23.1 Å². The molecule has 7 nitrogen and oxygen atoms in total. The third-order valence-electron chi connectivity index (χ3n) is 6.02. The molecule has 7 heteroatoms. The van der Waals surface area contributed by atoms with Gasteiger partial charge in [-0.3, -0.25) is 4.90 Å². The Balaban J connectivity index is 1.70. The van der Waals surface area contributed by atoms with Crippen LogP contribution in [0.2, 0.25) is 0 Å². The van der Waals surface area contributed by atoms with Crippen molar-refractivity contribution in [2.75, 3.05) is 33.9 Å². The van der Waals surface area contributed by atoms with Crippen molar-refractivity contribution in [3.63, 3.8) is 0 Å².